The SMILES string of the molecule is CC(C)c1nnc2ccc(OC3CC(NC(=O)Nc4cc(C(C)(C)C)on4)c4ccccc43)cn12. The van der Waals surface area contributed by atoms with Gasteiger partial charge in [-0.2, -0.15) is 0 Å². The van der Waals surface area contributed by atoms with Crippen LogP contribution >= 0.6 is 0 Å². The van der Waals surface area contributed by atoms with Gasteiger partial charge in [-0.1, -0.05) is 64.0 Å². The zero-order valence-corrected chi connectivity index (χ0v) is 20.6. The van der Waals surface area contributed by atoms with Crippen molar-refractivity contribution >= 4 is 17.5 Å². The van der Waals surface area contributed by atoms with Crippen molar-refractivity contribution in [1.29, 1.82) is 0 Å². The van der Waals surface area contributed by atoms with Crippen LogP contribution in [0.2, 0.25) is 0 Å². The van der Waals surface area contributed by atoms with E-state index in [1.807, 2.05) is 67.8 Å². The van der Waals surface area contributed by atoms with E-state index in [1.54, 1.807) is 6.07 Å². The second-order valence-corrected chi connectivity index (χ2v) is 10.3. The summed E-state index contributed by atoms with van der Waals surface area (Å²) in [7, 11) is 0. The van der Waals surface area contributed by atoms with E-state index >= 15 is 0 Å². The Balaban J connectivity index is 1.31. The van der Waals surface area contributed by atoms with Crippen LogP contribution in [0.4, 0.5) is 10.6 Å². The van der Waals surface area contributed by atoms with E-state index in [-0.39, 0.29) is 29.5 Å². The van der Waals surface area contributed by atoms with Crippen LogP contribution in [0.5, 0.6) is 5.75 Å². The molecule has 2 amide bonds. The number of hydrogen-bond donors (Lipinski definition) is 2. The molecule has 0 spiro atoms. The third kappa shape index (κ3) is 4.58. The molecule has 182 valence electrons. The van der Waals surface area contributed by atoms with Crippen LogP contribution in [0, 0.1) is 0 Å². The summed E-state index contributed by atoms with van der Waals surface area (Å²) in [6, 6.07) is 13.0. The third-order valence-electron chi connectivity index (χ3n) is 6.16. The lowest BCUT2D eigenvalue weighted by molar-refractivity contribution is 0.194. The topological polar surface area (TPSA) is 107 Å². The first-order valence-electron chi connectivity index (χ1n) is 11.8. The summed E-state index contributed by atoms with van der Waals surface area (Å²) in [5.41, 5.74) is 2.69. The Morgan fingerprint density at radius 1 is 1.14 bits per heavy atom. The number of pyridine rings is 1. The molecule has 0 fully saturated rings. The third-order valence-corrected chi connectivity index (χ3v) is 6.16. The second-order valence-electron chi connectivity index (χ2n) is 10.3. The van der Waals surface area contributed by atoms with E-state index < -0.39 is 0 Å². The first-order chi connectivity index (χ1) is 16.7. The Morgan fingerprint density at radius 3 is 2.63 bits per heavy atom. The van der Waals surface area contributed by atoms with Crippen LogP contribution in [0.15, 0.2) is 53.2 Å². The highest BCUT2D eigenvalue weighted by atomic mass is 16.5. The number of carbonyl (C=O) groups is 1. The fourth-order valence-corrected chi connectivity index (χ4v) is 4.35. The van der Waals surface area contributed by atoms with E-state index in [2.05, 4.69) is 39.8 Å². The highest BCUT2D eigenvalue weighted by Gasteiger charge is 2.33. The van der Waals surface area contributed by atoms with Crippen molar-refractivity contribution in [2.75, 3.05) is 5.32 Å². The molecular formula is C26H30N6O3. The number of amides is 2. The molecule has 5 rings (SSSR count). The number of urea groups is 1. The number of hydrogen-bond acceptors (Lipinski definition) is 6. The predicted molar refractivity (Wildman–Crippen MR) is 132 cm³/mol. The van der Waals surface area contributed by atoms with Gasteiger partial charge in [-0.25, -0.2) is 4.79 Å². The van der Waals surface area contributed by atoms with Crippen LogP contribution in [0.1, 0.15) is 81.8 Å². The van der Waals surface area contributed by atoms with E-state index in [0.29, 0.717) is 18.0 Å². The van der Waals surface area contributed by atoms with Crippen LogP contribution in [0.25, 0.3) is 5.65 Å². The normalized spacial score (nSPS) is 17.5. The molecule has 0 saturated carbocycles. The van der Waals surface area contributed by atoms with Gasteiger partial charge in [0.15, 0.2) is 11.5 Å². The lowest BCUT2D eigenvalue weighted by Crippen LogP contribution is -2.31. The molecular weight excluding hydrogens is 444 g/mol. The van der Waals surface area contributed by atoms with Crippen molar-refractivity contribution in [2.24, 2.45) is 0 Å². The van der Waals surface area contributed by atoms with Crippen molar-refractivity contribution in [3.05, 3.63) is 71.4 Å². The van der Waals surface area contributed by atoms with Gasteiger partial charge in [0, 0.05) is 23.8 Å². The maximum atomic E-state index is 12.8. The van der Waals surface area contributed by atoms with E-state index in [0.717, 1.165) is 28.3 Å². The Kier molecular flexibility index (Phi) is 5.70. The van der Waals surface area contributed by atoms with E-state index in [1.165, 1.54) is 0 Å². The molecule has 2 atom stereocenters. The van der Waals surface area contributed by atoms with Crippen molar-refractivity contribution < 1.29 is 14.1 Å². The summed E-state index contributed by atoms with van der Waals surface area (Å²) < 4.78 is 13.7. The first kappa shape index (κ1) is 22.9. The second kappa shape index (κ2) is 8.72. The summed E-state index contributed by atoms with van der Waals surface area (Å²) in [5, 5.41) is 18.3. The minimum Gasteiger partial charge on any atom is -0.484 e. The van der Waals surface area contributed by atoms with Gasteiger partial charge in [0.2, 0.25) is 0 Å². The number of carbonyl (C=O) groups excluding carboxylic acids is 1. The summed E-state index contributed by atoms with van der Waals surface area (Å²) in [6.45, 7) is 10.2. The maximum absolute atomic E-state index is 12.8. The zero-order chi connectivity index (χ0) is 24.7. The Labute approximate surface area is 203 Å². The van der Waals surface area contributed by atoms with E-state index in [4.69, 9.17) is 9.26 Å². The van der Waals surface area contributed by atoms with Gasteiger partial charge in [0.25, 0.3) is 0 Å². The lowest BCUT2D eigenvalue weighted by atomic mass is 9.93. The summed E-state index contributed by atoms with van der Waals surface area (Å²) in [4.78, 5) is 12.8. The quantitative estimate of drug-likeness (QED) is 0.394. The lowest BCUT2D eigenvalue weighted by Gasteiger charge is -2.16. The number of rotatable bonds is 5. The molecule has 0 radical (unpaired) electrons. The van der Waals surface area contributed by atoms with E-state index in [9.17, 15) is 4.79 Å². The van der Waals surface area contributed by atoms with Crippen LogP contribution < -0.4 is 15.4 Å². The van der Waals surface area contributed by atoms with Crippen molar-refractivity contribution in [3.63, 3.8) is 0 Å². The highest BCUT2D eigenvalue weighted by Crippen LogP contribution is 2.41. The average Bonchev–Trinajstić information content (AvgIpc) is 3.52. The number of nitrogens with zero attached hydrogens (tertiary/aromatic N) is 4. The standard InChI is InChI=1S/C26H30N6O3/c1-15(2)24-30-29-23-11-10-16(14-32(23)24)34-20-12-19(17-8-6-7-9-18(17)20)27-25(33)28-22-13-21(35-31-22)26(3,4)5/h6-11,13-15,19-20H,12H2,1-5H3,(H2,27,28,31,33). The minimum atomic E-state index is -0.341. The summed E-state index contributed by atoms with van der Waals surface area (Å²) >= 11 is 0. The molecule has 0 bridgehead atoms. The van der Waals surface area contributed by atoms with Gasteiger partial charge in [0.05, 0.1) is 12.2 Å². The Bertz CT molecular complexity index is 1370. The van der Waals surface area contributed by atoms with Gasteiger partial charge in [-0.15, -0.1) is 10.2 Å². The molecule has 1 aliphatic carbocycles. The molecule has 1 aromatic carbocycles. The fourth-order valence-electron chi connectivity index (χ4n) is 4.35. The molecule has 2 N–H and O–H groups in total. The Morgan fingerprint density at radius 2 is 1.91 bits per heavy atom. The van der Waals surface area contributed by atoms with Crippen molar-refractivity contribution in [1.82, 2.24) is 25.1 Å². The molecule has 3 heterocycles. The fraction of sp³-hybridized carbons (Fsp3) is 0.385. The largest absolute Gasteiger partial charge is 0.484 e. The molecule has 9 heteroatoms. The number of benzene rings is 1. The number of anilines is 1. The Hall–Kier alpha value is -3.88. The molecule has 35 heavy (non-hydrogen) atoms. The highest BCUT2D eigenvalue weighted by molar-refractivity contribution is 5.88. The van der Waals surface area contributed by atoms with Crippen LogP contribution in [-0.2, 0) is 5.41 Å². The first-order valence-corrected chi connectivity index (χ1v) is 11.8. The average molecular weight is 475 g/mol. The molecule has 3 aromatic heterocycles. The molecule has 9 nitrogen and oxygen atoms in total. The van der Waals surface area contributed by atoms with Gasteiger partial charge in [-0.3, -0.25) is 9.72 Å². The molecule has 4 aromatic rings. The summed E-state index contributed by atoms with van der Waals surface area (Å²) in [6.07, 6.45) is 2.33. The number of aromatic nitrogens is 4. The molecule has 2 unspecified atom stereocenters. The van der Waals surface area contributed by atoms with Gasteiger partial charge < -0.3 is 14.6 Å². The molecule has 0 saturated heterocycles. The smallest absolute Gasteiger partial charge is 0.320 e. The molecule has 1 aliphatic rings. The number of nitrogens with one attached hydrogen (secondary N) is 2. The number of ether oxygens (including phenoxy) is 1. The predicted octanol–water partition coefficient (Wildman–Crippen LogP) is 5.52. The van der Waals surface area contributed by atoms with Gasteiger partial charge in [-0.05, 0) is 23.3 Å². The molecule has 0 aliphatic heterocycles. The van der Waals surface area contributed by atoms with Crippen molar-refractivity contribution in [3.8, 4) is 5.75 Å². The van der Waals surface area contributed by atoms with Crippen LogP contribution in [0.3, 0.4) is 0 Å². The zero-order valence-electron chi connectivity index (χ0n) is 20.6. The number of fused-ring (bicyclic) bond motifs is 2. The minimum absolute atomic E-state index is 0.190. The van der Waals surface area contributed by atoms with Gasteiger partial charge in [0.1, 0.15) is 23.4 Å². The van der Waals surface area contributed by atoms with Gasteiger partial charge >= 0.3 is 6.03 Å². The summed E-state index contributed by atoms with van der Waals surface area (Å²) in [5.74, 6) is 2.94. The van der Waals surface area contributed by atoms with Crippen molar-refractivity contribution in [2.45, 2.75) is 64.5 Å². The monoisotopic (exact) mass is 474 g/mol. The maximum Gasteiger partial charge on any atom is 0.320 e. The van der Waals surface area contributed by atoms with Crippen LogP contribution in [-0.4, -0.2) is 25.8 Å².